The Labute approximate surface area is 79.4 Å². The van der Waals surface area contributed by atoms with Gasteiger partial charge in [-0.15, -0.1) is 0 Å². The molecule has 3 nitrogen and oxygen atoms in total. The van der Waals surface area contributed by atoms with Crippen molar-refractivity contribution < 1.29 is 0 Å². The molecule has 0 fully saturated rings. The third-order valence-electron chi connectivity index (χ3n) is 1.95. The molecule has 0 aliphatic heterocycles. The van der Waals surface area contributed by atoms with Gasteiger partial charge in [-0.1, -0.05) is 6.92 Å². The number of aromatic nitrogens is 2. The molecule has 13 heavy (non-hydrogen) atoms. The van der Waals surface area contributed by atoms with Crippen molar-refractivity contribution in [3.05, 3.63) is 23.8 Å². The molecular formula is C10H17N3. The first-order valence-electron chi connectivity index (χ1n) is 4.78. The molecule has 0 saturated heterocycles. The minimum atomic E-state index is 0.230. The van der Waals surface area contributed by atoms with Crippen LogP contribution < -0.4 is 5.73 Å². The van der Waals surface area contributed by atoms with Gasteiger partial charge in [-0.05, 0) is 25.8 Å². The van der Waals surface area contributed by atoms with E-state index in [2.05, 4.69) is 16.9 Å². The Morgan fingerprint density at radius 1 is 1.54 bits per heavy atom. The van der Waals surface area contributed by atoms with Gasteiger partial charge in [-0.25, -0.2) is 9.97 Å². The zero-order valence-electron chi connectivity index (χ0n) is 8.33. The Balaban J connectivity index is 2.56. The van der Waals surface area contributed by atoms with E-state index in [0.29, 0.717) is 0 Å². The van der Waals surface area contributed by atoms with Crippen LogP contribution in [0.3, 0.4) is 0 Å². The second-order valence-electron chi connectivity index (χ2n) is 3.33. The molecule has 1 aromatic heterocycles. The molecule has 3 heteroatoms. The van der Waals surface area contributed by atoms with E-state index >= 15 is 0 Å². The van der Waals surface area contributed by atoms with Crippen LogP contribution in [0, 0.1) is 0 Å². The minimum absolute atomic E-state index is 0.230. The predicted octanol–water partition coefficient (Wildman–Crippen LogP) is 1.32. The number of rotatable bonds is 4. The average Bonchev–Trinajstić information content (AvgIpc) is 2.15. The van der Waals surface area contributed by atoms with Gasteiger partial charge < -0.3 is 5.73 Å². The summed E-state index contributed by atoms with van der Waals surface area (Å²) in [6.45, 7) is 4.10. The highest BCUT2D eigenvalue weighted by Gasteiger charge is 2.00. The molecule has 72 valence electrons. The Morgan fingerprint density at radius 3 is 2.92 bits per heavy atom. The number of hydrogen-bond donors (Lipinski definition) is 1. The lowest BCUT2D eigenvalue weighted by Gasteiger charge is -2.04. The van der Waals surface area contributed by atoms with Crippen LogP contribution >= 0.6 is 0 Å². The summed E-state index contributed by atoms with van der Waals surface area (Å²) < 4.78 is 0. The summed E-state index contributed by atoms with van der Waals surface area (Å²) in [5, 5.41) is 0. The van der Waals surface area contributed by atoms with Crippen LogP contribution in [0.4, 0.5) is 0 Å². The van der Waals surface area contributed by atoms with E-state index < -0.39 is 0 Å². The first kappa shape index (κ1) is 10.1. The molecule has 0 aliphatic rings. The molecule has 2 N–H and O–H groups in total. The molecule has 1 heterocycles. The van der Waals surface area contributed by atoms with Gasteiger partial charge in [0.1, 0.15) is 5.82 Å². The monoisotopic (exact) mass is 179 g/mol. The molecule has 1 rings (SSSR count). The molecular weight excluding hydrogens is 162 g/mol. The zero-order valence-corrected chi connectivity index (χ0v) is 8.33. The van der Waals surface area contributed by atoms with E-state index in [-0.39, 0.29) is 6.04 Å². The van der Waals surface area contributed by atoms with Crippen LogP contribution in [-0.2, 0) is 12.8 Å². The summed E-state index contributed by atoms with van der Waals surface area (Å²) in [5.74, 6) is 0.914. The normalized spacial score (nSPS) is 12.8. The lowest BCUT2D eigenvalue weighted by Crippen LogP contribution is -2.16. The van der Waals surface area contributed by atoms with Gasteiger partial charge in [0.15, 0.2) is 0 Å². The van der Waals surface area contributed by atoms with Gasteiger partial charge in [0.2, 0.25) is 0 Å². The van der Waals surface area contributed by atoms with Gasteiger partial charge in [-0.3, -0.25) is 0 Å². The highest BCUT2D eigenvalue weighted by Crippen LogP contribution is 2.00. The van der Waals surface area contributed by atoms with Crippen molar-refractivity contribution in [2.24, 2.45) is 5.73 Å². The fraction of sp³-hybridized carbons (Fsp3) is 0.600. The van der Waals surface area contributed by atoms with Crippen LogP contribution in [0.2, 0.25) is 0 Å². The van der Waals surface area contributed by atoms with Gasteiger partial charge in [0.05, 0.1) is 0 Å². The van der Waals surface area contributed by atoms with Crippen molar-refractivity contribution in [3.8, 4) is 0 Å². The van der Waals surface area contributed by atoms with Gasteiger partial charge in [0, 0.05) is 24.4 Å². The first-order valence-corrected chi connectivity index (χ1v) is 4.78. The van der Waals surface area contributed by atoms with Crippen LogP contribution in [-0.4, -0.2) is 16.0 Å². The summed E-state index contributed by atoms with van der Waals surface area (Å²) in [5.41, 5.74) is 6.76. The summed E-state index contributed by atoms with van der Waals surface area (Å²) in [6.07, 6.45) is 4.62. The highest BCUT2D eigenvalue weighted by atomic mass is 14.9. The van der Waals surface area contributed by atoms with E-state index in [1.54, 1.807) is 0 Å². The molecule has 0 aliphatic carbocycles. The average molecular weight is 179 g/mol. The summed E-state index contributed by atoms with van der Waals surface area (Å²) >= 11 is 0. The summed E-state index contributed by atoms with van der Waals surface area (Å²) in [4.78, 5) is 8.59. The highest BCUT2D eigenvalue weighted by molar-refractivity contribution is 5.02. The van der Waals surface area contributed by atoms with Crippen molar-refractivity contribution in [2.45, 2.75) is 39.2 Å². The second-order valence-corrected chi connectivity index (χ2v) is 3.33. The van der Waals surface area contributed by atoms with Crippen molar-refractivity contribution in [1.82, 2.24) is 9.97 Å². The van der Waals surface area contributed by atoms with Crippen molar-refractivity contribution in [2.75, 3.05) is 0 Å². The second kappa shape index (κ2) is 4.92. The largest absolute Gasteiger partial charge is 0.328 e. The van der Waals surface area contributed by atoms with Gasteiger partial charge >= 0.3 is 0 Å². The number of aryl methyl sites for hydroxylation is 2. The maximum Gasteiger partial charge on any atom is 0.128 e. The maximum atomic E-state index is 5.66. The Morgan fingerprint density at radius 2 is 2.31 bits per heavy atom. The Bertz CT molecular complexity index is 258. The predicted molar refractivity (Wildman–Crippen MR) is 53.4 cm³/mol. The quantitative estimate of drug-likeness (QED) is 0.758. The first-order chi connectivity index (χ1) is 6.22. The van der Waals surface area contributed by atoms with E-state index in [0.717, 1.165) is 30.8 Å². The zero-order chi connectivity index (χ0) is 9.68. The number of hydrogen-bond acceptors (Lipinski definition) is 3. The topological polar surface area (TPSA) is 51.8 Å². The third-order valence-corrected chi connectivity index (χ3v) is 1.95. The smallest absolute Gasteiger partial charge is 0.128 e. The summed E-state index contributed by atoms with van der Waals surface area (Å²) in [7, 11) is 0. The lowest BCUT2D eigenvalue weighted by molar-refractivity contribution is 0.645. The third kappa shape index (κ3) is 3.51. The Hall–Kier alpha value is -0.960. The van der Waals surface area contributed by atoms with Crippen LogP contribution in [0.5, 0.6) is 0 Å². The SMILES string of the molecule is CCc1ccnc(CCC(C)N)n1. The molecule has 1 atom stereocenters. The van der Waals surface area contributed by atoms with Crippen molar-refractivity contribution in [3.63, 3.8) is 0 Å². The van der Waals surface area contributed by atoms with Crippen LogP contribution in [0.1, 0.15) is 31.8 Å². The Kier molecular flexibility index (Phi) is 3.83. The molecule has 1 aromatic rings. The fourth-order valence-electron chi connectivity index (χ4n) is 1.12. The molecule has 0 bridgehead atoms. The lowest BCUT2D eigenvalue weighted by atomic mass is 10.2. The van der Waals surface area contributed by atoms with E-state index in [1.165, 1.54) is 0 Å². The fourth-order valence-corrected chi connectivity index (χ4v) is 1.12. The van der Waals surface area contributed by atoms with Crippen molar-refractivity contribution in [1.29, 1.82) is 0 Å². The van der Waals surface area contributed by atoms with Gasteiger partial charge in [0.25, 0.3) is 0 Å². The molecule has 0 saturated carbocycles. The summed E-state index contributed by atoms with van der Waals surface area (Å²) in [6, 6.07) is 2.18. The van der Waals surface area contributed by atoms with E-state index in [9.17, 15) is 0 Å². The molecule has 0 aromatic carbocycles. The molecule has 0 amide bonds. The number of nitrogens with two attached hydrogens (primary N) is 1. The maximum absolute atomic E-state index is 5.66. The van der Waals surface area contributed by atoms with Crippen molar-refractivity contribution >= 4 is 0 Å². The van der Waals surface area contributed by atoms with Crippen LogP contribution in [0.25, 0.3) is 0 Å². The van der Waals surface area contributed by atoms with Crippen LogP contribution in [0.15, 0.2) is 12.3 Å². The number of nitrogens with zero attached hydrogens (tertiary/aromatic N) is 2. The van der Waals surface area contributed by atoms with E-state index in [1.807, 2.05) is 19.2 Å². The van der Waals surface area contributed by atoms with Gasteiger partial charge in [-0.2, -0.15) is 0 Å². The molecule has 0 spiro atoms. The standard InChI is InChI=1S/C10H17N3/c1-3-9-6-7-12-10(13-9)5-4-8(2)11/h6-8H,3-5,11H2,1-2H3. The molecule has 0 radical (unpaired) electrons. The minimum Gasteiger partial charge on any atom is -0.328 e. The van der Waals surface area contributed by atoms with E-state index in [4.69, 9.17) is 5.73 Å². The molecule has 1 unspecified atom stereocenters.